The van der Waals surface area contributed by atoms with Gasteiger partial charge in [0.25, 0.3) is 0 Å². The first-order valence-electron chi connectivity index (χ1n) is 6.47. The molecule has 110 valence electrons. The van der Waals surface area contributed by atoms with E-state index in [9.17, 15) is 9.18 Å². The lowest BCUT2D eigenvalue weighted by Gasteiger charge is -2.12. The zero-order chi connectivity index (χ0) is 15.2. The van der Waals surface area contributed by atoms with Crippen LogP contribution < -0.4 is 5.32 Å². The van der Waals surface area contributed by atoms with Crippen LogP contribution in [0.15, 0.2) is 48.5 Å². The molecule has 0 radical (unpaired) electrons. The quantitative estimate of drug-likeness (QED) is 0.846. The Kier molecular flexibility index (Phi) is 5.65. The Labute approximate surface area is 132 Å². The third-order valence-electron chi connectivity index (χ3n) is 2.94. The van der Waals surface area contributed by atoms with Gasteiger partial charge in [0.05, 0.1) is 16.5 Å². The van der Waals surface area contributed by atoms with Crippen molar-refractivity contribution < 1.29 is 9.18 Å². The average Bonchev–Trinajstić information content (AvgIpc) is 2.48. The summed E-state index contributed by atoms with van der Waals surface area (Å²) in [5.41, 5.74) is 1.60. The summed E-state index contributed by atoms with van der Waals surface area (Å²) in [5, 5.41) is 3.11. The second kappa shape index (κ2) is 7.48. The van der Waals surface area contributed by atoms with E-state index >= 15 is 0 Å². The highest BCUT2D eigenvalue weighted by atomic mass is 35.5. The highest BCUT2D eigenvalue weighted by molar-refractivity contribution is 8.00. The zero-order valence-corrected chi connectivity index (χ0v) is 13.0. The Bertz CT molecular complexity index is 621. The van der Waals surface area contributed by atoms with Crippen molar-refractivity contribution in [2.75, 3.05) is 11.1 Å². The fourth-order valence-corrected chi connectivity index (χ4v) is 2.84. The van der Waals surface area contributed by atoms with Gasteiger partial charge in [-0.3, -0.25) is 4.79 Å². The van der Waals surface area contributed by atoms with E-state index < -0.39 is 5.82 Å². The van der Waals surface area contributed by atoms with Gasteiger partial charge in [0.1, 0.15) is 5.82 Å². The normalized spacial score (nSPS) is 12.0. The number of thioether (sulfide) groups is 1. The largest absolute Gasteiger partial charge is 0.324 e. The standard InChI is InChI=1S/C16H15ClFNOS/c1-11(12-5-3-2-4-6-12)21-10-16(20)19-15-8-7-13(18)9-14(15)17/h2-9,11H,10H2,1H3,(H,19,20)/t11-/m1/s1. The zero-order valence-electron chi connectivity index (χ0n) is 11.5. The van der Waals surface area contributed by atoms with E-state index in [0.717, 1.165) is 0 Å². The molecule has 21 heavy (non-hydrogen) atoms. The summed E-state index contributed by atoms with van der Waals surface area (Å²) >= 11 is 7.41. The summed E-state index contributed by atoms with van der Waals surface area (Å²) < 4.78 is 12.9. The van der Waals surface area contributed by atoms with Gasteiger partial charge in [0.2, 0.25) is 5.91 Å². The van der Waals surface area contributed by atoms with Crippen LogP contribution in [0, 0.1) is 5.82 Å². The number of carbonyl (C=O) groups is 1. The lowest BCUT2D eigenvalue weighted by atomic mass is 10.2. The number of hydrogen-bond donors (Lipinski definition) is 1. The molecule has 0 heterocycles. The predicted molar refractivity (Wildman–Crippen MR) is 87.4 cm³/mol. The van der Waals surface area contributed by atoms with Crippen LogP contribution in [0.5, 0.6) is 0 Å². The third-order valence-corrected chi connectivity index (χ3v) is 4.45. The fraction of sp³-hybridized carbons (Fsp3) is 0.188. The van der Waals surface area contributed by atoms with Crippen LogP contribution in [0.1, 0.15) is 17.7 Å². The van der Waals surface area contributed by atoms with E-state index in [2.05, 4.69) is 12.2 Å². The maximum absolute atomic E-state index is 12.9. The van der Waals surface area contributed by atoms with Gasteiger partial charge in [-0.25, -0.2) is 4.39 Å². The minimum Gasteiger partial charge on any atom is -0.324 e. The van der Waals surface area contributed by atoms with E-state index in [-0.39, 0.29) is 16.2 Å². The Morgan fingerprint density at radius 2 is 2.00 bits per heavy atom. The Hall–Kier alpha value is -1.52. The molecule has 5 heteroatoms. The van der Waals surface area contributed by atoms with E-state index in [1.54, 1.807) is 0 Å². The first kappa shape index (κ1) is 15.9. The highest BCUT2D eigenvalue weighted by Crippen LogP contribution is 2.28. The first-order valence-corrected chi connectivity index (χ1v) is 7.90. The molecule has 0 saturated heterocycles. The molecule has 0 spiro atoms. The molecule has 2 rings (SSSR count). The molecule has 0 aliphatic heterocycles. The van der Waals surface area contributed by atoms with Gasteiger partial charge in [-0.2, -0.15) is 0 Å². The number of anilines is 1. The van der Waals surface area contributed by atoms with Crippen LogP contribution in [0.25, 0.3) is 0 Å². The number of halogens is 2. The lowest BCUT2D eigenvalue weighted by Crippen LogP contribution is -2.15. The van der Waals surface area contributed by atoms with Crippen molar-refractivity contribution in [3.63, 3.8) is 0 Å². The summed E-state index contributed by atoms with van der Waals surface area (Å²) in [7, 11) is 0. The molecule has 0 fully saturated rings. The second-order valence-corrected chi connectivity index (χ2v) is 6.27. The molecular weight excluding hydrogens is 309 g/mol. The van der Waals surface area contributed by atoms with Crippen LogP contribution in [0.4, 0.5) is 10.1 Å². The van der Waals surface area contributed by atoms with E-state index in [0.29, 0.717) is 11.4 Å². The predicted octanol–water partition coefficient (Wildman–Crippen LogP) is 4.91. The van der Waals surface area contributed by atoms with Crippen molar-refractivity contribution in [2.45, 2.75) is 12.2 Å². The molecule has 0 bridgehead atoms. The molecular formula is C16H15ClFNOS. The van der Waals surface area contributed by atoms with Crippen molar-refractivity contribution in [3.8, 4) is 0 Å². The lowest BCUT2D eigenvalue weighted by molar-refractivity contribution is -0.113. The summed E-state index contributed by atoms with van der Waals surface area (Å²) in [6, 6.07) is 13.9. The van der Waals surface area contributed by atoms with Gasteiger partial charge in [-0.1, -0.05) is 41.9 Å². The Balaban J connectivity index is 1.87. The fourth-order valence-electron chi connectivity index (χ4n) is 1.80. The summed E-state index contributed by atoms with van der Waals surface area (Å²) in [5.74, 6) is -0.273. The topological polar surface area (TPSA) is 29.1 Å². The van der Waals surface area contributed by atoms with Crippen LogP contribution in [0.3, 0.4) is 0 Å². The SMILES string of the molecule is C[C@@H](SCC(=O)Nc1ccc(F)cc1Cl)c1ccccc1. The van der Waals surface area contributed by atoms with Crippen LogP contribution >= 0.6 is 23.4 Å². The van der Waals surface area contributed by atoms with E-state index in [1.165, 1.54) is 35.5 Å². The molecule has 0 unspecified atom stereocenters. The third kappa shape index (κ3) is 4.76. The van der Waals surface area contributed by atoms with E-state index in [4.69, 9.17) is 11.6 Å². The van der Waals surface area contributed by atoms with Gasteiger partial charge in [-0.15, -0.1) is 11.8 Å². The average molecular weight is 324 g/mol. The van der Waals surface area contributed by atoms with Crippen molar-refractivity contribution in [2.24, 2.45) is 0 Å². The Morgan fingerprint density at radius 3 is 2.67 bits per heavy atom. The van der Waals surface area contributed by atoms with Crippen molar-refractivity contribution in [3.05, 3.63) is 64.9 Å². The molecule has 2 nitrogen and oxygen atoms in total. The van der Waals surface area contributed by atoms with Gasteiger partial charge >= 0.3 is 0 Å². The van der Waals surface area contributed by atoms with Crippen LogP contribution in [-0.4, -0.2) is 11.7 Å². The molecule has 0 aromatic heterocycles. The molecule has 1 N–H and O–H groups in total. The van der Waals surface area contributed by atoms with Gasteiger partial charge < -0.3 is 5.32 Å². The molecule has 1 amide bonds. The number of amides is 1. The maximum Gasteiger partial charge on any atom is 0.234 e. The summed E-state index contributed by atoms with van der Waals surface area (Å²) in [4.78, 5) is 11.9. The second-order valence-electron chi connectivity index (χ2n) is 4.54. The highest BCUT2D eigenvalue weighted by Gasteiger charge is 2.10. The van der Waals surface area contributed by atoms with Gasteiger partial charge in [0, 0.05) is 5.25 Å². The number of carbonyl (C=O) groups excluding carboxylic acids is 1. The monoisotopic (exact) mass is 323 g/mol. The molecule has 0 saturated carbocycles. The molecule has 2 aromatic rings. The van der Waals surface area contributed by atoms with Crippen LogP contribution in [0.2, 0.25) is 5.02 Å². The maximum atomic E-state index is 12.9. The number of benzene rings is 2. The van der Waals surface area contributed by atoms with Crippen molar-refractivity contribution in [1.29, 1.82) is 0 Å². The van der Waals surface area contributed by atoms with Crippen molar-refractivity contribution >= 4 is 35.0 Å². The molecule has 0 aliphatic rings. The summed E-state index contributed by atoms with van der Waals surface area (Å²) in [6.45, 7) is 2.05. The van der Waals surface area contributed by atoms with Crippen molar-refractivity contribution in [1.82, 2.24) is 0 Å². The first-order chi connectivity index (χ1) is 10.1. The number of hydrogen-bond acceptors (Lipinski definition) is 2. The number of rotatable bonds is 5. The molecule has 0 aliphatic carbocycles. The minimum atomic E-state index is -0.426. The van der Waals surface area contributed by atoms with Gasteiger partial charge in [-0.05, 0) is 30.7 Å². The number of nitrogens with one attached hydrogen (secondary N) is 1. The summed E-state index contributed by atoms with van der Waals surface area (Å²) in [6.07, 6.45) is 0. The minimum absolute atomic E-state index is 0.156. The van der Waals surface area contributed by atoms with E-state index in [1.807, 2.05) is 30.3 Å². The smallest absolute Gasteiger partial charge is 0.234 e. The van der Waals surface area contributed by atoms with Crippen LogP contribution in [-0.2, 0) is 4.79 Å². The van der Waals surface area contributed by atoms with Gasteiger partial charge in [0.15, 0.2) is 0 Å². The Morgan fingerprint density at radius 1 is 1.29 bits per heavy atom. The molecule has 1 atom stereocenters. The molecule has 2 aromatic carbocycles.